The Balaban J connectivity index is 1.64. The monoisotopic (exact) mass is 486 g/mol. The lowest BCUT2D eigenvalue weighted by atomic mass is 9.90. The molecule has 1 aromatic rings. The van der Waals surface area contributed by atoms with Crippen LogP contribution < -0.4 is 21.3 Å². The molecule has 0 radical (unpaired) electrons. The van der Waals surface area contributed by atoms with Crippen molar-refractivity contribution in [2.24, 2.45) is 0 Å². The SMILES string of the molecule is CCCC(=O)NCCCOCCNC(=O)CC(=O)Nc1ccc(C(=O)C2=C(NC)CCCC2)cc1. The Morgan fingerprint density at radius 1 is 0.886 bits per heavy atom. The first-order valence-electron chi connectivity index (χ1n) is 12.4. The summed E-state index contributed by atoms with van der Waals surface area (Å²) >= 11 is 0. The number of amides is 3. The van der Waals surface area contributed by atoms with E-state index in [-0.39, 0.29) is 18.1 Å². The number of rotatable bonds is 15. The van der Waals surface area contributed by atoms with E-state index in [1.807, 2.05) is 14.0 Å². The first-order valence-corrected chi connectivity index (χ1v) is 12.4. The summed E-state index contributed by atoms with van der Waals surface area (Å²) in [7, 11) is 1.84. The largest absolute Gasteiger partial charge is 0.391 e. The molecule has 0 saturated heterocycles. The summed E-state index contributed by atoms with van der Waals surface area (Å²) < 4.78 is 5.41. The molecule has 0 aromatic heterocycles. The average molecular weight is 487 g/mol. The van der Waals surface area contributed by atoms with E-state index in [1.54, 1.807) is 24.3 Å². The Bertz CT molecular complexity index is 896. The number of anilines is 1. The molecule has 0 aliphatic heterocycles. The van der Waals surface area contributed by atoms with Gasteiger partial charge >= 0.3 is 0 Å². The van der Waals surface area contributed by atoms with E-state index in [9.17, 15) is 19.2 Å². The maximum atomic E-state index is 12.8. The lowest BCUT2D eigenvalue weighted by Gasteiger charge is -2.19. The molecule has 1 aliphatic carbocycles. The van der Waals surface area contributed by atoms with Gasteiger partial charge in [-0.1, -0.05) is 6.92 Å². The highest BCUT2D eigenvalue weighted by Crippen LogP contribution is 2.26. The van der Waals surface area contributed by atoms with Crippen LogP contribution in [0.4, 0.5) is 5.69 Å². The number of hydrogen-bond acceptors (Lipinski definition) is 6. The zero-order valence-electron chi connectivity index (χ0n) is 20.8. The van der Waals surface area contributed by atoms with Crippen molar-refractivity contribution in [2.45, 2.75) is 58.3 Å². The number of ether oxygens (including phenoxy) is 1. The van der Waals surface area contributed by atoms with Crippen LogP contribution in [0.5, 0.6) is 0 Å². The van der Waals surface area contributed by atoms with Crippen molar-refractivity contribution >= 4 is 29.2 Å². The molecule has 0 unspecified atom stereocenters. The summed E-state index contributed by atoms with van der Waals surface area (Å²) in [5, 5.41) is 11.3. The van der Waals surface area contributed by atoms with Crippen LogP contribution in [0.25, 0.3) is 0 Å². The summed E-state index contributed by atoms with van der Waals surface area (Å²) in [5.41, 5.74) is 2.94. The fourth-order valence-corrected chi connectivity index (χ4v) is 3.81. The first kappa shape index (κ1) is 28.0. The minimum absolute atomic E-state index is 0.00904. The minimum atomic E-state index is -0.433. The molecular formula is C26H38N4O5. The molecule has 9 nitrogen and oxygen atoms in total. The predicted octanol–water partition coefficient (Wildman–Crippen LogP) is 2.68. The Kier molecular flexibility index (Phi) is 12.5. The van der Waals surface area contributed by atoms with E-state index in [1.165, 1.54) is 0 Å². The van der Waals surface area contributed by atoms with Gasteiger partial charge in [0.1, 0.15) is 6.42 Å². The second-order valence-corrected chi connectivity index (χ2v) is 8.46. The van der Waals surface area contributed by atoms with E-state index in [0.29, 0.717) is 50.4 Å². The van der Waals surface area contributed by atoms with Crippen molar-refractivity contribution < 1.29 is 23.9 Å². The molecule has 3 amide bonds. The van der Waals surface area contributed by atoms with E-state index in [4.69, 9.17) is 4.74 Å². The van der Waals surface area contributed by atoms with Gasteiger partial charge in [-0.3, -0.25) is 19.2 Å². The number of nitrogens with one attached hydrogen (secondary N) is 4. The third-order valence-electron chi connectivity index (χ3n) is 5.63. The fourth-order valence-electron chi connectivity index (χ4n) is 3.81. The predicted molar refractivity (Wildman–Crippen MR) is 135 cm³/mol. The van der Waals surface area contributed by atoms with Gasteiger partial charge in [0, 0.05) is 55.7 Å². The topological polar surface area (TPSA) is 126 Å². The Morgan fingerprint density at radius 3 is 2.31 bits per heavy atom. The molecule has 0 heterocycles. The quantitative estimate of drug-likeness (QED) is 0.172. The van der Waals surface area contributed by atoms with E-state index in [0.717, 1.165) is 43.4 Å². The van der Waals surface area contributed by atoms with Crippen molar-refractivity contribution in [1.29, 1.82) is 0 Å². The van der Waals surface area contributed by atoms with Gasteiger partial charge in [0.05, 0.1) is 6.61 Å². The molecule has 4 N–H and O–H groups in total. The molecule has 1 aliphatic rings. The third-order valence-corrected chi connectivity index (χ3v) is 5.63. The minimum Gasteiger partial charge on any atom is -0.391 e. The fraction of sp³-hybridized carbons (Fsp3) is 0.538. The average Bonchev–Trinajstić information content (AvgIpc) is 2.85. The molecule has 1 aromatic carbocycles. The maximum absolute atomic E-state index is 12.8. The molecule has 0 fully saturated rings. The van der Waals surface area contributed by atoms with Crippen LogP contribution in [0.1, 0.15) is 68.6 Å². The maximum Gasteiger partial charge on any atom is 0.233 e. The summed E-state index contributed by atoms with van der Waals surface area (Å²) in [6.45, 7) is 3.63. The molecule has 0 saturated carbocycles. The van der Waals surface area contributed by atoms with Crippen molar-refractivity contribution in [3.05, 3.63) is 41.1 Å². The van der Waals surface area contributed by atoms with Crippen molar-refractivity contribution in [3.63, 3.8) is 0 Å². The van der Waals surface area contributed by atoms with Gasteiger partial charge in [0.15, 0.2) is 5.78 Å². The van der Waals surface area contributed by atoms with Crippen LogP contribution in [0.2, 0.25) is 0 Å². The molecule has 2 rings (SSSR count). The number of carbonyl (C=O) groups excluding carboxylic acids is 4. The summed E-state index contributed by atoms with van der Waals surface area (Å²) in [6.07, 6.45) is 5.49. The van der Waals surface area contributed by atoms with Crippen LogP contribution >= 0.6 is 0 Å². The number of hydrogen-bond donors (Lipinski definition) is 4. The highest BCUT2D eigenvalue weighted by molar-refractivity contribution is 6.09. The van der Waals surface area contributed by atoms with Gasteiger partial charge in [0.2, 0.25) is 17.7 Å². The standard InChI is InChI=1S/C26H38N4O5/c1-3-7-23(31)28-14-6-16-35-17-15-29-24(32)18-25(33)30-20-12-10-19(11-13-20)26(34)21-8-4-5-9-22(21)27-2/h10-13,27H,3-9,14-18H2,1-2H3,(H,28,31)(H,29,32)(H,30,33). The smallest absolute Gasteiger partial charge is 0.233 e. The Morgan fingerprint density at radius 2 is 1.60 bits per heavy atom. The van der Waals surface area contributed by atoms with Gasteiger partial charge in [-0.05, 0) is 62.8 Å². The van der Waals surface area contributed by atoms with Gasteiger partial charge in [-0.2, -0.15) is 0 Å². The molecule has 0 spiro atoms. The van der Waals surface area contributed by atoms with Crippen molar-refractivity contribution in [1.82, 2.24) is 16.0 Å². The van der Waals surface area contributed by atoms with Gasteiger partial charge < -0.3 is 26.0 Å². The van der Waals surface area contributed by atoms with Gasteiger partial charge in [0.25, 0.3) is 0 Å². The van der Waals surface area contributed by atoms with E-state index in [2.05, 4.69) is 21.3 Å². The molecule has 0 atom stereocenters. The van der Waals surface area contributed by atoms with Crippen LogP contribution in [-0.4, -0.2) is 56.9 Å². The third kappa shape index (κ3) is 10.3. The van der Waals surface area contributed by atoms with Gasteiger partial charge in [-0.25, -0.2) is 0 Å². The zero-order valence-corrected chi connectivity index (χ0v) is 20.8. The number of ketones is 1. The first-order chi connectivity index (χ1) is 16.9. The van der Waals surface area contributed by atoms with E-state index >= 15 is 0 Å². The lowest BCUT2D eigenvalue weighted by Crippen LogP contribution is -2.31. The zero-order chi connectivity index (χ0) is 25.5. The van der Waals surface area contributed by atoms with Crippen molar-refractivity contribution in [2.75, 3.05) is 38.7 Å². The van der Waals surface area contributed by atoms with Crippen LogP contribution in [0, 0.1) is 0 Å². The summed E-state index contributed by atoms with van der Waals surface area (Å²) in [4.78, 5) is 48.3. The number of carbonyl (C=O) groups is 4. The molecule has 0 bridgehead atoms. The normalized spacial score (nSPS) is 13.2. The summed E-state index contributed by atoms with van der Waals surface area (Å²) in [5.74, 6) is -0.774. The lowest BCUT2D eigenvalue weighted by molar-refractivity contribution is -0.127. The van der Waals surface area contributed by atoms with Gasteiger partial charge in [-0.15, -0.1) is 0 Å². The van der Waals surface area contributed by atoms with Crippen LogP contribution in [-0.2, 0) is 19.1 Å². The molecule has 192 valence electrons. The highest BCUT2D eigenvalue weighted by Gasteiger charge is 2.20. The second-order valence-electron chi connectivity index (χ2n) is 8.46. The molecule has 9 heteroatoms. The second kappa shape index (κ2) is 15.7. The molecular weight excluding hydrogens is 448 g/mol. The Hall–Kier alpha value is -3.20. The summed E-state index contributed by atoms with van der Waals surface area (Å²) in [6, 6.07) is 6.73. The van der Waals surface area contributed by atoms with E-state index < -0.39 is 11.8 Å². The number of allylic oxidation sites excluding steroid dienone is 2. The number of benzene rings is 1. The Labute approximate surface area is 207 Å². The number of Topliss-reactive ketones (excluding diaryl/α,β-unsaturated/α-hetero) is 1. The van der Waals surface area contributed by atoms with Crippen LogP contribution in [0.15, 0.2) is 35.5 Å². The highest BCUT2D eigenvalue weighted by atomic mass is 16.5. The molecule has 35 heavy (non-hydrogen) atoms. The van der Waals surface area contributed by atoms with Crippen LogP contribution in [0.3, 0.4) is 0 Å². The van der Waals surface area contributed by atoms with Crippen molar-refractivity contribution in [3.8, 4) is 0 Å².